The van der Waals surface area contributed by atoms with E-state index in [9.17, 15) is 8.78 Å². The lowest BCUT2D eigenvalue weighted by Crippen LogP contribution is -2.28. The molecular weight excluding hydrogens is 262 g/mol. The van der Waals surface area contributed by atoms with Crippen molar-refractivity contribution in [2.75, 3.05) is 0 Å². The van der Waals surface area contributed by atoms with Gasteiger partial charge in [0.25, 0.3) is 0 Å². The molecule has 1 aromatic carbocycles. The maximum atomic E-state index is 13.4. The van der Waals surface area contributed by atoms with Crippen molar-refractivity contribution in [3.05, 3.63) is 71.6 Å². The SMILES string of the molecule is NNC(c1ccc(F)c(F)c1)c1cnn2ccccc12. The van der Waals surface area contributed by atoms with E-state index in [1.165, 1.54) is 6.07 Å². The maximum absolute atomic E-state index is 13.4. The second kappa shape index (κ2) is 4.99. The molecule has 3 N–H and O–H groups in total. The van der Waals surface area contributed by atoms with Crippen LogP contribution in [-0.4, -0.2) is 9.61 Å². The molecule has 0 bridgehead atoms. The average molecular weight is 274 g/mol. The Kier molecular flexibility index (Phi) is 3.17. The molecule has 1 atom stereocenters. The van der Waals surface area contributed by atoms with E-state index >= 15 is 0 Å². The third kappa shape index (κ3) is 2.04. The standard InChI is InChI=1S/C14H12F2N4/c15-11-5-4-9(7-12(11)16)14(19-17)10-8-18-20-6-2-1-3-13(10)20/h1-8,14,19H,17H2. The zero-order valence-corrected chi connectivity index (χ0v) is 10.4. The Morgan fingerprint density at radius 2 is 2.00 bits per heavy atom. The predicted octanol–water partition coefficient (Wildman–Crippen LogP) is 2.17. The monoisotopic (exact) mass is 274 g/mol. The summed E-state index contributed by atoms with van der Waals surface area (Å²) in [6, 6.07) is 8.85. The van der Waals surface area contributed by atoms with Crippen molar-refractivity contribution < 1.29 is 8.78 Å². The molecule has 102 valence electrons. The summed E-state index contributed by atoms with van der Waals surface area (Å²) in [4.78, 5) is 0. The number of hydrogen-bond donors (Lipinski definition) is 2. The molecule has 0 saturated heterocycles. The lowest BCUT2D eigenvalue weighted by molar-refractivity contribution is 0.504. The highest BCUT2D eigenvalue weighted by atomic mass is 19.2. The summed E-state index contributed by atoms with van der Waals surface area (Å²) in [6.07, 6.45) is 3.46. The number of pyridine rings is 1. The van der Waals surface area contributed by atoms with Crippen molar-refractivity contribution in [1.82, 2.24) is 15.0 Å². The number of fused-ring (bicyclic) bond motifs is 1. The van der Waals surface area contributed by atoms with Gasteiger partial charge in [-0.2, -0.15) is 5.10 Å². The number of hydrazine groups is 1. The van der Waals surface area contributed by atoms with Gasteiger partial charge in [0.1, 0.15) is 0 Å². The average Bonchev–Trinajstić information content (AvgIpc) is 2.88. The quantitative estimate of drug-likeness (QED) is 0.568. The third-order valence-electron chi connectivity index (χ3n) is 3.21. The van der Waals surface area contributed by atoms with Crippen molar-refractivity contribution >= 4 is 5.52 Å². The Morgan fingerprint density at radius 3 is 2.75 bits per heavy atom. The fourth-order valence-electron chi connectivity index (χ4n) is 2.23. The van der Waals surface area contributed by atoms with Crippen LogP contribution in [-0.2, 0) is 0 Å². The predicted molar refractivity (Wildman–Crippen MR) is 70.7 cm³/mol. The van der Waals surface area contributed by atoms with Crippen LogP contribution in [0.15, 0.2) is 48.8 Å². The van der Waals surface area contributed by atoms with Crippen LogP contribution in [0.2, 0.25) is 0 Å². The summed E-state index contributed by atoms with van der Waals surface area (Å²) in [5, 5.41) is 4.21. The third-order valence-corrected chi connectivity index (χ3v) is 3.21. The molecule has 0 amide bonds. The van der Waals surface area contributed by atoms with Crippen molar-refractivity contribution in [3.8, 4) is 0 Å². The molecule has 0 spiro atoms. The fourth-order valence-corrected chi connectivity index (χ4v) is 2.23. The van der Waals surface area contributed by atoms with E-state index in [2.05, 4.69) is 10.5 Å². The van der Waals surface area contributed by atoms with Gasteiger partial charge in [0.15, 0.2) is 11.6 Å². The highest BCUT2D eigenvalue weighted by Gasteiger charge is 2.18. The number of nitrogens with two attached hydrogens (primary N) is 1. The summed E-state index contributed by atoms with van der Waals surface area (Å²) in [7, 11) is 0. The van der Waals surface area contributed by atoms with Gasteiger partial charge < -0.3 is 0 Å². The summed E-state index contributed by atoms with van der Waals surface area (Å²) in [6.45, 7) is 0. The number of nitrogens with one attached hydrogen (secondary N) is 1. The van der Waals surface area contributed by atoms with Crippen LogP contribution >= 0.6 is 0 Å². The molecule has 20 heavy (non-hydrogen) atoms. The van der Waals surface area contributed by atoms with E-state index in [4.69, 9.17) is 5.84 Å². The van der Waals surface area contributed by atoms with Crippen molar-refractivity contribution in [2.24, 2.45) is 5.84 Å². The molecule has 1 unspecified atom stereocenters. The summed E-state index contributed by atoms with van der Waals surface area (Å²) >= 11 is 0. The maximum Gasteiger partial charge on any atom is 0.159 e. The molecule has 6 heteroatoms. The molecule has 2 heterocycles. The van der Waals surface area contributed by atoms with Gasteiger partial charge in [0.2, 0.25) is 0 Å². The molecule has 0 aliphatic heterocycles. The molecule has 3 aromatic rings. The second-order valence-electron chi connectivity index (χ2n) is 4.40. The first-order chi connectivity index (χ1) is 9.70. The van der Waals surface area contributed by atoms with Crippen LogP contribution in [0.25, 0.3) is 5.52 Å². The van der Waals surface area contributed by atoms with Gasteiger partial charge in [-0.1, -0.05) is 12.1 Å². The molecule has 4 nitrogen and oxygen atoms in total. The second-order valence-corrected chi connectivity index (χ2v) is 4.40. The highest BCUT2D eigenvalue weighted by molar-refractivity contribution is 5.57. The first-order valence-corrected chi connectivity index (χ1v) is 6.04. The Hall–Kier alpha value is -2.31. The minimum atomic E-state index is -0.903. The number of hydrogen-bond acceptors (Lipinski definition) is 3. The fraction of sp³-hybridized carbons (Fsp3) is 0.0714. The van der Waals surface area contributed by atoms with Crippen molar-refractivity contribution in [3.63, 3.8) is 0 Å². The molecule has 0 fully saturated rings. The van der Waals surface area contributed by atoms with Gasteiger partial charge in [-0.25, -0.2) is 18.7 Å². The van der Waals surface area contributed by atoms with Gasteiger partial charge in [0.05, 0.1) is 17.8 Å². The Morgan fingerprint density at radius 1 is 1.15 bits per heavy atom. The smallest absolute Gasteiger partial charge is 0.159 e. The summed E-state index contributed by atoms with van der Waals surface area (Å²) in [5.41, 5.74) is 4.79. The molecule has 0 aliphatic rings. The van der Waals surface area contributed by atoms with Gasteiger partial charge in [0, 0.05) is 11.8 Å². The summed E-state index contributed by atoms with van der Waals surface area (Å²) < 4.78 is 28.1. The number of rotatable bonds is 3. The molecule has 0 saturated carbocycles. The van der Waals surface area contributed by atoms with Gasteiger partial charge >= 0.3 is 0 Å². The largest absolute Gasteiger partial charge is 0.271 e. The lowest BCUT2D eigenvalue weighted by atomic mass is 10.0. The van der Waals surface area contributed by atoms with Crippen LogP contribution in [0, 0.1) is 11.6 Å². The zero-order valence-electron chi connectivity index (χ0n) is 10.4. The number of halogens is 2. The Balaban J connectivity index is 2.11. The molecule has 3 rings (SSSR count). The van der Waals surface area contributed by atoms with Crippen LogP contribution in [0.3, 0.4) is 0 Å². The molecule has 0 aliphatic carbocycles. The number of aromatic nitrogens is 2. The Bertz CT molecular complexity index is 754. The number of benzene rings is 1. The van der Waals surface area contributed by atoms with Gasteiger partial charge in [-0.05, 0) is 29.8 Å². The van der Waals surface area contributed by atoms with Crippen LogP contribution in [0.1, 0.15) is 17.2 Å². The number of nitrogens with zero attached hydrogens (tertiary/aromatic N) is 2. The van der Waals surface area contributed by atoms with E-state index in [0.29, 0.717) is 5.56 Å². The van der Waals surface area contributed by atoms with E-state index in [-0.39, 0.29) is 0 Å². The first kappa shape index (κ1) is 12.7. The molecule has 2 aromatic heterocycles. The van der Waals surface area contributed by atoms with Crippen LogP contribution < -0.4 is 11.3 Å². The molecule has 0 radical (unpaired) electrons. The van der Waals surface area contributed by atoms with Gasteiger partial charge in [-0.3, -0.25) is 5.84 Å². The summed E-state index contributed by atoms with van der Waals surface area (Å²) in [5.74, 6) is 3.78. The first-order valence-electron chi connectivity index (χ1n) is 6.04. The van der Waals surface area contributed by atoms with Crippen LogP contribution in [0.4, 0.5) is 8.78 Å². The highest BCUT2D eigenvalue weighted by Crippen LogP contribution is 2.26. The minimum Gasteiger partial charge on any atom is -0.271 e. The molecular formula is C14H12F2N4. The van der Waals surface area contributed by atoms with E-state index in [1.54, 1.807) is 16.9 Å². The zero-order chi connectivity index (χ0) is 14.1. The van der Waals surface area contributed by atoms with E-state index in [1.807, 2.05) is 18.2 Å². The van der Waals surface area contributed by atoms with Gasteiger partial charge in [-0.15, -0.1) is 0 Å². The van der Waals surface area contributed by atoms with Crippen molar-refractivity contribution in [2.45, 2.75) is 6.04 Å². The van der Waals surface area contributed by atoms with Crippen molar-refractivity contribution in [1.29, 1.82) is 0 Å². The van der Waals surface area contributed by atoms with Crippen LogP contribution in [0.5, 0.6) is 0 Å². The normalized spacial score (nSPS) is 12.8. The Labute approximate surface area is 113 Å². The van der Waals surface area contributed by atoms with E-state index < -0.39 is 17.7 Å². The minimum absolute atomic E-state index is 0.468. The van der Waals surface area contributed by atoms with E-state index in [0.717, 1.165) is 23.2 Å². The lowest BCUT2D eigenvalue weighted by Gasteiger charge is -2.15. The topological polar surface area (TPSA) is 55.3 Å².